The maximum absolute atomic E-state index is 11.3. The predicted octanol–water partition coefficient (Wildman–Crippen LogP) is 0.716. The molecule has 21 heavy (non-hydrogen) atoms. The van der Waals surface area contributed by atoms with Crippen molar-refractivity contribution in [1.82, 2.24) is 19.2 Å². The Morgan fingerprint density at radius 2 is 2.24 bits per heavy atom. The van der Waals surface area contributed by atoms with Crippen molar-refractivity contribution < 1.29 is 4.92 Å². The lowest BCUT2D eigenvalue weighted by atomic mass is 10.1. The van der Waals surface area contributed by atoms with E-state index in [0.717, 1.165) is 32.7 Å². The van der Waals surface area contributed by atoms with Crippen molar-refractivity contribution in [3.63, 3.8) is 0 Å². The van der Waals surface area contributed by atoms with Crippen molar-refractivity contribution in [3.05, 3.63) is 21.7 Å². The quantitative estimate of drug-likeness (QED) is 0.662. The van der Waals surface area contributed by atoms with Crippen LogP contribution >= 0.6 is 11.3 Å². The van der Waals surface area contributed by atoms with Gasteiger partial charge < -0.3 is 15.4 Å². The molecule has 8 nitrogen and oxygen atoms in total. The van der Waals surface area contributed by atoms with Crippen LogP contribution in [0.5, 0.6) is 0 Å². The van der Waals surface area contributed by atoms with Gasteiger partial charge in [0, 0.05) is 50.7 Å². The van der Waals surface area contributed by atoms with Crippen LogP contribution in [-0.4, -0.2) is 69.4 Å². The molecule has 3 aliphatic rings. The maximum atomic E-state index is 11.3. The fraction of sp³-hybridized carbons (Fsp3) is 0.583. The summed E-state index contributed by atoms with van der Waals surface area (Å²) in [6.45, 7) is 6.18. The summed E-state index contributed by atoms with van der Waals surface area (Å²) in [6.07, 6.45) is 1.69. The average molecular weight is 308 g/mol. The highest BCUT2D eigenvalue weighted by atomic mass is 32.1. The first kappa shape index (κ1) is 13.0. The molecule has 2 aromatic heterocycles. The zero-order valence-electron chi connectivity index (χ0n) is 11.4. The minimum absolute atomic E-state index is 0.0301. The predicted molar refractivity (Wildman–Crippen MR) is 80.0 cm³/mol. The van der Waals surface area contributed by atoms with Gasteiger partial charge in [-0.15, -0.1) is 0 Å². The molecule has 2 bridgehead atoms. The van der Waals surface area contributed by atoms with Crippen LogP contribution in [0.4, 0.5) is 11.6 Å². The molecule has 5 rings (SSSR count). The van der Waals surface area contributed by atoms with E-state index in [1.165, 1.54) is 15.7 Å². The summed E-state index contributed by atoms with van der Waals surface area (Å²) in [5, 5.41) is 16.3. The van der Waals surface area contributed by atoms with E-state index in [1.807, 2.05) is 0 Å². The number of rotatable bonds is 4. The molecule has 2 aromatic rings. The van der Waals surface area contributed by atoms with Crippen molar-refractivity contribution >= 4 is 27.9 Å². The third-order valence-corrected chi connectivity index (χ3v) is 5.06. The summed E-state index contributed by atoms with van der Waals surface area (Å²) in [4.78, 5) is 20.8. The molecule has 0 saturated carbocycles. The largest absolute Gasteiger partial charge is 0.372 e. The molecule has 112 valence electrons. The topological polar surface area (TPSA) is 79.0 Å². The normalized spacial score (nSPS) is 28.1. The Morgan fingerprint density at radius 3 is 2.90 bits per heavy atom. The molecule has 0 aromatic carbocycles. The molecular formula is C12H16N6O2S. The third-order valence-electron chi connectivity index (χ3n) is 4.31. The Balaban J connectivity index is 1.53. The van der Waals surface area contributed by atoms with E-state index >= 15 is 0 Å². The molecular weight excluding hydrogens is 292 g/mol. The lowest BCUT2D eigenvalue weighted by Crippen LogP contribution is -2.62. The first-order chi connectivity index (χ1) is 10.2. The number of fused-ring (bicyclic) bond motifs is 4. The van der Waals surface area contributed by atoms with Crippen LogP contribution in [0.2, 0.25) is 0 Å². The Morgan fingerprint density at radius 1 is 1.43 bits per heavy atom. The number of nitro groups is 1. The molecule has 1 unspecified atom stereocenters. The number of nitrogens with one attached hydrogen (secondary N) is 1. The summed E-state index contributed by atoms with van der Waals surface area (Å²) in [5.41, 5.74) is 0. The van der Waals surface area contributed by atoms with E-state index in [1.54, 1.807) is 11.6 Å². The van der Waals surface area contributed by atoms with Crippen LogP contribution in [0.1, 0.15) is 0 Å². The monoisotopic (exact) mass is 308 g/mol. The third kappa shape index (κ3) is 2.17. The number of hydrogen-bond donors (Lipinski definition) is 1. The highest BCUT2D eigenvalue weighted by Crippen LogP contribution is 2.28. The van der Waals surface area contributed by atoms with Gasteiger partial charge in [-0.1, -0.05) is 11.3 Å². The summed E-state index contributed by atoms with van der Waals surface area (Å²) in [7, 11) is 0. The van der Waals surface area contributed by atoms with E-state index in [0.29, 0.717) is 23.4 Å². The van der Waals surface area contributed by atoms with Gasteiger partial charge in [-0.05, 0) is 4.92 Å². The number of imidazole rings is 1. The number of piperazine rings is 3. The van der Waals surface area contributed by atoms with Crippen molar-refractivity contribution in [2.75, 3.05) is 44.6 Å². The van der Waals surface area contributed by atoms with E-state index in [4.69, 9.17) is 0 Å². The van der Waals surface area contributed by atoms with Crippen molar-refractivity contribution in [2.45, 2.75) is 6.04 Å². The number of anilines is 1. The van der Waals surface area contributed by atoms with E-state index in [2.05, 4.69) is 20.1 Å². The van der Waals surface area contributed by atoms with Gasteiger partial charge in [0.2, 0.25) is 5.82 Å². The number of thiazole rings is 1. The lowest BCUT2D eigenvalue weighted by Gasteiger charge is -2.47. The summed E-state index contributed by atoms with van der Waals surface area (Å²) < 4.78 is 1.53. The van der Waals surface area contributed by atoms with Crippen molar-refractivity contribution in [3.8, 4) is 0 Å². The SMILES string of the molecule is O=[N+]([O-])c1c(NCC2CN3CCN2CC3)nc2sccn12. The van der Waals surface area contributed by atoms with Crippen molar-refractivity contribution in [2.24, 2.45) is 0 Å². The minimum atomic E-state index is -0.369. The summed E-state index contributed by atoms with van der Waals surface area (Å²) in [5.74, 6) is 0.409. The van der Waals surface area contributed by atoms with Crippen LogP contribution in [-0.2, 0) is 0 Å². The molecule has 9 heteroatoms. The van der Waals surface area contributed by atoms with E-state index < -0.39 is 0 Å². The van der Waals surface area contributed by atoms with Gasteiger partial charge in [0.1, 0.15) is 6.20 Å². The Labute approximate surface area is 125 Å². The zero-order chi connectivity index (χ0) is 14.4. The average Bonchev–Trinajstić information content (AvgIpc) is 3.06. The smallest absolute Gasteiger partial charge is 0.361 e. The fourth-order valence-electron chi connectivity index (χ4n) is 3.20. The molecule has 3 saturated heterocycles. The highest BCUT2D eigenvalue weighted by molar-refractivity contribution is 7.15. The second kappa shape index (κ2) is 4.93. The summed E-state index contributed by atoms with van der Waals surface area (Å²) >= 11 is 1.40. The molecule has 5 heterocycles. The van der Waals surface area contributed by atoms with E-state index in [9.17, 15) is 10.1 Å². The molecule has 0 radical (unpaired) electrons. The zero-order valence-corrected chi connectivity index (χ0v) is 12.3. The molecule has 3 aliphatic heterocycles. The second-order valence-electron chi connectivity index (χ2n) is 5.47. The Bertz CT molecular complexity index is 674. The fourth-order valence-corrected chi connectivity index (χ4v) is 3.91. The molecule has 0 spiro atoms. The maximum Gasteiger partial charge on any atom is 0.372 e. The number of aromatic nitrogens is 2. The van der Waals surface area contributed by atoms with Crippen LogP contribution < -0.4 is 5.32 Å². The lowest BCUT2D eigenvalue weighted by molar-refractivity contribution is -0.389. The molecule has 0 aliphatic carbocycles. The van der Waals surface area contributed by atoms with Gasteiger partial charge in [-0.3, -0.25) is 9.80 Å². The second-order valence-corrected chi connectivity index (χ2v) is 6.34. The van der Waals surface area contributed by atoms with Gasteiger partial charge in [0.05, 0.1) is 0 Å². The van der Waals surface area contributed by atoms with Crippen LogP contribution in [0.3, 0.4) is 0 Å². The van der Waals surface area contributed by atoms with Gasteiger partial charge in [0.15, 0.2) is 0 Å². The number of nitrogens with zero attached hydrogens (tertiary/aromatic N) is 5. The first-order valence-electron chi connectivity index (χ1n) is 7.02. The molecule has 1 N–H and O–H groups in total. The standard InChI is InChI=1S/C12H16N6O2S/c19-18(20)11-10(14-12-17(11)5-6-21-12)13-7-9-8-15-1-3-16(9)4-2-15/h5-6,9,13H,1-4,7-8H2. The van der Waals surface area contributed by atoms with Crippen LogP contribution in [0.25, 0.3) is 4.96 Å². The summed E-state index contributed by atoms with van der Waals surface area (Å²) in [6, 6.07) is 0.409. The molecule has 1 atom stereocenters. The van der Waals surface area contributed by atoms with Gasteiger partial charge >= 0.3 is 5.82 Å². The van der Waals surface area contributed by atoms with Gasteiger partial charge in [-0.2, -0.15) is 9.38 Å². The van der Waals surface area contributed by atoms with Gasteiger partial charge in [0.25, 0.3) is 4.96 Å². The van der Waals surface area contributed by atoms with Gasteiger partial charge in [-0.25, -0.2) is 0 Å². The van der Waals surface area contributed by atoms with Crippen LogP contribution in [0.15, 0.2) is 11.6 Å². The Kier molecular flexibility index (Phi) is 3.05. The van der Waals surface area contributed by atoms with E-state index in [-0.39, 0.29) is 10.7 Å². The van der Waals surface area contributed by atoms with Crippen molar-refractivity contribution in [1.29, 1.82) is 0 Å². The van der Waals surface area contributed by atoms with Crippen LogP contribution in [0, 0.1) is 10.1 Å². The molecule has 0 amide bonds. The minimum Gasteiger partial charge on any atom is -0.361 e. The Hall–Kier alpha value is -1.71. The number of hydrogen-bond acceptors (Lipinski definition) is 7. The first-order valence-corrected chi connectivity index (χ1v) is 7.90. The highest BCUT2D eigenvalue weighted by Gasteiger charge is 2.32. The molecule has 3 fully saturated rings.